The van der Waals surface area contributed by atoms with Gasteiger partial charge in [-0.2, -0.15) is 0 Å². The molecule has 0 atom stereocenters. The first-order valence-corrected chi connectivity index (χ1v) is 7.52. The topological polar surface area (TPSA) is 38.3 Å². The number of anilines is 1. The van der Waals surface area contributed by atoms with Crippen molar-refractivity contribution in [2.75, 3.05) is 11.9 Å². The zero-order valence-electron chi connectivity index (χ0n) is 12.9. The van der Waals surface area contributed by atoms with Crippen LogP contribution >= 0.6 is 11.6 Å². The molecule has 0 fully saturated rings. The van der Waals surface area contributed by atoms with E-state index >= 15 is 0 Å². The monoisotopic (exact) mass is 327 g/mol. The second-order valence-electron chi connectivity index (χ2n) is 5.14. The van der Waals surface area contributed by atoms with Gasteiger partial charge in [-0.1, -0.05) is 30.3 Å². The van der Waals surface area contributed by atoms with Crippen LogP contribution in [0.5, 0.6) is 5.75 Å². The molecule has 0 saturated carbocycles. The van der Waals surface area contributed by atoms with E-state index < -0.39 is 0 Å². The van der Waals surface area contributed by atoms with Gasteiger partial charge in [0, 0.05) is 16.8 Å². The van der Waals surface area contributed by atoms with Gasteiger partial charge in [-0.25, -0.2) is 0 Å². The van der Waals surface area contributed by atoms with Crippen molar-refractivity contribution in [3.05, 3.63) is 77.3 Å². The number of benzene rings is 2. The minimum Gasteiger partial charge on any atom is -0.489 e. The van der Waals surface area contributed by atoms with Gasteiger partial charge in [0.25, 0.3) is 0 Å². The summed E-state index contributed by atoms with van der Waals surface area (Å²) in [6.45, 7) is 6.17. The van der Waals surface area contributed by atoms with Crippen LogP contribution in [-0.2, 0) is 4.79 Å². The number of ether oxygens (including phenoxy) is 1. The molecular weight excluding hydrogens is 310 g/mol. The van der Waals surface area contributed by atoms with Gasteiger partial charge in [-0.05, 0) is 60.5 Å². The summed E-state index contributed by atoms with van der Waals surface area (Å²) in [4.78, 5) is 11.9. The van der Waals surface area contributed by atoms with E-state index in [4.69, 9.17) is 16.3 Å². The number of hydrogen-bond donors (Lipinski definition) is 1. The molecule has 0 radical (unpaired) electrons. The third-order valence-corrected chi connectivity index (χ3v) is 3.16. The van der Waals surface area contributed by atoms with E-state index in [0.717, 1.165) is 16.9 Å². The number of amides is 1. The average molecular weight is 328 g/mol. The molecule has 0 saturated heterocycles. The highest BCUT2D eigenvalue weighted by molar-refractivity contribution is 6.30. The van der Waals surface area contributed by atoms with Crippen molar-refractivity contribution in [3.8, 4) is 5.75 Å². The van der Waals surface area contributed by atoms with Crippen LogP contribution < -0.4 is 10.1 Å². The first-order chi connectivity index (χ1) is 11.0. The molecule has 0 spiro atoms. The Balaban J connectivity index is 1.89. The molecule has 1 N–H and O–H groups in total. The Morgan fingerprint density at radius 2 is 1.83 bits per heavy atom. The van der Waals surface area contributed by atoms with Gasteiger partial charge in [0.1, 0.15) is 12.4 Å². The number of carbonyl (C=O) groups is 1. The lowest BCUT2D eigenvalue weighted by Crippen LogP contribution is -2.07. The van der Waals surface area contributed by atoms with E-state index in [9.17, 15) is 4.79 Å². The number of carbonyl (C=O) groups excluding carboxylic acids is 1. The molecule has 0 bridgehead atoms. The maximum absolute atomic E-state index is 11.9. The molecule has 0 heterocycles. The predicted molar refractivity (Wildman–Crippen MR) is 95.9 cm³/mol. The second kappa shape index (κ2) is 8.20. The molecule has 0 aliphatic heterocycles. The van der Waals surface area contributed by atoms with Crippen molar-refractivity contribution in [1.29, 1.82) is 0 Å². The summed E-state index contributed by atoms with van der Waals surface area (Å²) in [6, 6.07) is 14.5. The van der Waals surface area contributed by atoms with E-state index in [1.165, 1.54) is 6.08 Å². The maximum Gasteiger partial charge on any atom is 0.248 e. The summed E-state index contributed by atoms with van der Waals surface area (Å²) in [5.41, 5.74) is 2.57. The number of nitrogens with one attached hydrogen (secondary N) is 1. The highest BCUT2D eigenvalue weighted by Crippen LogP contribution is 2.16. The lowest BCUT2D eigenvalue weighted by molar-refractivity contribution is -0.111. The fourth-order valence-electron chi connectivity index (χ4n) is 1.77. The van der Waals surface area contributed by atoms with E-state index in [2.05, 4.69) is 11.9 Å². The molecule has 1 amide bonds. The average Bonchev–Trinajstić information content (AvgIpc) is 2.53. The molecule has 0 aliphatic carbocycles. The van der Waals surface area contributed by atoms with E-state index in [1.54, 1.807) is 30.3 Å². The highest BCUT2D eigenvalue weighted by Gasteiger charge is 1.99. The van der Waals surface area contributed by atoms with Gasteiger partial charge >= 0.3 is 0 Å². The molecule has 0 aliphatic rings. The Morgan fingerprint density at radius 1 is 1.17 bits per heavy atom. The Hall–Kier alpha value is -2.52. The largest absolute Gasteiger partial charge is 0.489 e. The van der Waals surface area contributed by atoms with Crippen LogP contribution in [0, 0.1) is 0 Å². The van der Waals surface area contributed by atoms with E-state index in [0.29, 0.717) is 17.3 Å². The molecule has 2 rings (SSSR count). The molecule has 0 aromatic heterocycles. The molecule has 23 heavy (non-hydrogen) atoms. The normalized spacial score (nSPS) is 10.5. The quantitative estimate of drug-likeness (QED) is 0.602. The molecular formula is C19H18ClNO2. The van der Waals surface area contributed by atoms with Crippen molar-refractivity contribution in [3.63, 3.8) is 0 Å². The Labute approximate surface area is 141 Å². The van der Waals surface area contributed by atoms with Gasteiger partial charge in [0.05, 0.1) is 0 Å². The van der Waals surface area contributed by atoms with Gasteiger partial charge in [0.15, 0.2) is 0 Å². The van der Waals surface area contributed by atoms with E-state index in [-0.39, 0.29) is 5.91 Å². The molecule has 2 aromatic carbocycles. The van der Waals surface area contributed by atoms with Gasteiger partial charge in [-0.15, -0.1) is 0 Å². The second-order valence-corrected chi connectivity index (χ2v) is 5.58. The zero-order valence-corrected chi connectivity index (χ0v) is 13.6. The van der Waals surface area contributed by atoms with Crippen molar-refractivity contribution in [2.24, 2.45) is 0 Å². The van der Waals surface area contributed by atoms with Gasteiger partial charge in [-0.3, -0.25) is 4.79 Å². The van der Waals surface area contributed by atoms with Crippen LogP contribution in [0.2, 0.25) is 5.02 Å². The summed E-state index contributed by atoms with van der Waals surface area (Å²) < 4.78 is 5.51. The van der Waals surface area contributed by atoms with Crippen LogP contribution in [-0.4, -0.2) is 12.5 Å². The lowest BCUT2D eigenvalue weighted by Gasteiger charge is -2.07. The van der Waals surface area contributed by atoms with Crippen LogP contribution in [0.3, 0.4) is 0 Å². The van der Waals surface area contributed by atoms with E-state index in [1.807, 2.05) is 31.2 Å². The third-order valence-electron chi connectivity index (χ3n) is 2.90. The van der Waals surface area contributed by atoms with Crippen molar-refractivity contribution in [1.82, 2.24) is 0 Å². The maximum atomic E-state index is 11.9. The zero-order chi connectivity index (χ0) is 16.7. The van der Waals surface area contributed by atoms with Gasteiger partial charge in [0.2, 0.25) is 5.91 Å². The molecule has 3 nitrogen and oxygen atoms in total. The SMILES string of the molecule is C=C(C)COc1ccc(NC(=O)/C=C/c2ccc(Cl)cc2)cc1. The lowest BCUT2D eigenvalue weighted by atomic mass is 10.2. The third kappa shape index (κ3) is 6.01. The fourth-order valence-corrected chi connectivity index (χ4v) is 1.90. The van der Waals surface area contributed by atoms with Crippen molar-refractivity contribution < 1.29 is 9.53 Å². The number of rotatable bonds is 6. The summed E-state index contributed by atoms with van der Waals surface area (Å²) in [5, 5.41) is 3.46. The predicted octanol–water partition coefficient (Wildman–Crippen LogP) is 4.95. The molecule has 4 heteroatoms. The minimum absolute atomic E-state index is 0.199. The Bertz CT molecular complexity index is 703. The minimum atomic E-state index is -0.199. The Kier molecular flexibility index (Phi) is 6.01. The van der Waals surface area contributed by atoms with Crippen LogP contribution in [0.1, 0.15) is 12.5 Å². The molecule has 0 unspecified atom stereocenters. The van der Waals surface area contributed by atoms with Crippen molar-refractivity contribution in [2.45, 2.75) is 6.92 Å². The molecule has 118 valence electrons. The first kappa shape index (κ1) is 16.8. The van der Waals surface area contributed by atoms with Crippen LogP contribution in [0.15, 0.2) is 66.8 Å². The van der Waals surface area contributed by atoms with Crippen LogP contribution in [0.25, 0.3) is 6.08 Å². The summed E-state index contributed by atoms with van der Waals surface area (Å²) in [5.74, 6) is 0.540. The van der Waals surface area contributed by atoms with Crippen molar-refractivity contribution >= 4 is 29.3 Å². The first-order valence-electron chi connectivity index (χ1n) is 7.15. The smallest absolute Gasteiger partial charge is 0.248 e. The van der Waals surface area contributed by atoms with Gasteiger partial charge < -0.3 is 10.1 Å². The Morgan fingerprint density at radius 3 is 2.43 bits per heavy atom. The van der Waals surface area contributed by atoms with Crippen LogP contribution in [0.4, 0.5) is 5.69 Å². The summed E-state index contributed by atoms with van der Waals surface area (Å²) in [6.07, 6.45) is 3.21. The highest BCUT2D eigenvalue weighted by atomic mass is 35.5. The fraction of sp³-hybridized carbons (Fsp3) is 0.105. The molecule has 2 aromatic rings. The number of halogens is 1. The standard InChI is InChI=1S/C19H18ClNO2/c1-14(2)13-23-18-10-8-17(9-11-18)21-19(22)12-5-15-3-6-16(20)7-4-15/h3-12H,1,13H2,2H3,(H,21,22)/b12-5+. The summed E-state index contributed by atoms with van der Waals surface area (Å²) >= 11 is 5.82. The number of hydrogen-bond acceptors (Lipinski definition) is 2. The summed E-state index contributed by atoms with van der Waals surface area (Å²) in [7, 11) is 0.